The van der Waals surface area contributed by atoms with E-state index in [1.165, 1.54) is 12.1 Å². The Morgan fingerprint density at radius 1 is 1.44 bits per heavy atom. The van der Waals surface area contributed by atoms with Gasteiger partial charge in [-0.3, -0.25) is 0 Å². The third-order valence-electron chi connectivity index (χ3n) is 1.69. The van der Waals surface area contributed by atoms with Crippen molar-refractivity contribution in [3.63, 3.8) is 0 Å². The number of hydrogen-bond donors (Lipinski definition) is 2. The first-order valence-corrected chi connectivity index (χ1v) is 6.43. The monoisotopic (exact) mass is 314 g/mol. The highest BCUT2D eigenvalue weighted by Gasteiger charge is 2.19. The van der Waals surface area contributed by atoms with Gasteiger partial charge in [-0.25, -0.2) is 21.9 Å². The van der Waals surface area contributed by atoms with Gasteiger partial charge < -0.3 is 5.73 Å². The maximum absolute atomic E-state index is 11.9. The fourth-order valence-electron chi connectivity index (χ4n) is 0.991. The van der Waals surface area contributed by atoms with Gasteiger partial charge in [0.2, 0.25) is 10.0 Å². The molecule has 0 bridgehead atoms. The van der Waals surface area contributed by atoms with Crippen molar-refractivity contribution in [3.8, 4) is 0 Å². The van der Waals surface area contributed by atoms with Crippen molar-refractivity contribution in [2.45, 2.75) is 11.3 Å². The highest BCUT2D eigenvalue weighted by molar-refractivity contribution is 9.10. The van der Waals surface area contributed by atoms with Crippen LogP contribution in [-0.4, -0.2) is 21.4 Å². The summed E-state index contributed by atoms with van der Waals surface area (Å²) in [7, 11) is -3.99. The Kier molecular flexibility index (Phi) is 4.22. The van der Waals surface area contributed by atoms with Gasteiger partial charge in [0.15, 0.2) is 0 Å². The van der Waals surface area contributed by atoms with Gasteiger partial charge in [-0.15, -0.1) is 0 Å². The second-order valence-electron chi connectivity index (χ2n) is 2.93. The van der Waals surface area contributed by atoms with Crippen LogP contribution in [0.5, 0.6) is 0 Å². The van der Waals surface area contributed by atoms with E-state index in [1.807, 2.05) is 0 Å². The van der Waals surface area contributed by atoms with Gasteiger partial charge in [0.25, 0.3) is 6.43 Å². The maximum Gasteiger partial charge on any atom is 0.251 e. The summed E-state index contributed by atoms with van der Waals surface area (Å²) in [6, 6.07) is 4.19. The van der Waals surface area contributed by atoms with Crippen LogP contribution in [-0.2, 0) is 10.0 Å². The van der Waals surface area contributed by atoms with Crippen LogP contribution in [0.25, 0.3) is 0 Å². The predicted molar refractivity (Wildman–Crippen MR) is 59.7 cm³/mol. The van der Waals surface area contributed by atoms with Crippen molar-refractivity contribution in [2.75, 3.05) is 12.3 Å². The zero-order chi connectivity index (χ0) is 12.3. The minimum Gasteiger partial charge on any atom is -0.398 e. The molecule has 0 fully saturated rings. The quantitative estimate of drug-likeness (QED) is 0.829. The molecule has 90 valence electrons. The molecule has 4 nitrogen and oxygen atoms in total. The van der Waals surface area contributed by atoms with Crippen molar-refractivity contribution < 1.29 is 17.2 Å². The summed E-state index contributed by atoms with van der Waals surface area (Å²) in [5, 5.41) is 0. The molecule has 0 unspecified atom stereocenters. The molecule has 0 atom stereocenters. The Bertz CT molecular complexity index is 479. The Hall–Kier alpha value is -0.730. The molecule has 0 saturated carbocycles. The molecule has 0 aromatic heterocycles. The summed E-state index contributed by atoms with van der Waals surface area (Å²) in [5.41, 5.74) is 5.46. The summed E-state index contributed by atoms with van der Waals surface area (Å²) in [4.78, 5) is -0.220. The van der Waals surface area contributed by atoms with Gasteiger partial charge in [0.1, 0.15) is 4.90 Å². The number of nitrogens with one attached hydrogen (secondary N) is 1. The molecule has 8 heteroatoms. The average Bonchev–Trinajstić information content (AvgIpc) is 2.19. The Labute approximate surface area is 100 Å². The maximum atomic E-state index is 11.9. The third kappa shape index (κ3) is 3.39. The molecule has 0 saturated heterocycles. The number of alkyl halides is 2. The summed E-state index contributed by atoms with van der Waals surface area (Å²) in [6.45, 7) is -0.936. The van der Waals surface area contributed by atoms with Crippen LogP contribution < -0.4 is 10.5 Å². The fourth-order valence-corrected chi connectivity index (χ4v) is 2.67. The number of hydrogen-bond acceptors (Lipinski definition) is 3. The first-order chi connectivity index (χ1) is 7.33. The van der Waals surface area contributed by atoms with E-state index in [2.05, 4.69) is 15.9 Å². The van der Waals surface area contributed by atoms with Crippen molar-refractivity contribution in [1.29, 1.82) is 0 Å². The molecule has 1 aromatic rings. The van der Waals surface area contributed by atoms with Crippen molar-refractivity contribution in [2.24, 2.45) is 0 Å². The van der Waals surface area contributed by atoms with E-state index in [9.17, 15) is 17.2 Å². The number of rotatable bonds is 4. The second-order valence-corrected chi connectivity index (χ2v) is 5.58. The van der Waals surface area contributed by atoms with Crippen LogP contribution in [0.2, 0.25) is 0 Å². The van der Waals surface area contributed by atoms with E-state index in [0.717, 1.165) is 0 Å². The lowest BCUT2D eigenvalue weighted by Crippen LogP contribution is -2.29. The highest BCUT2D eigenvalue weighted by atomic mass is 79.9. The van der Waals surface area contributed by atoms with E-state index >= 15 is 0 Å². The molecular weight excluding hydrogens is 306 g/mol. The topological polar surface area (TPSA) is 72.2 Å². The molecule has 16 heavy (non-hydrogen) atoms. The van der Waals surface area contributed by atoms with Crippen LogP contribution in [0.3, 0.4) is 0 Å². The first-order valence-electron chi connectivity index (χ1n) is 4.16. The molecule has 0 aliphatic carbocycles. The SMILES string of the molecule is Nc1ccc(Br)cc1S(=O)(=O)NCC(F)F. The molecule has 0 aliphatic heterocycles. The highest BCUT2D eigenvalue weighted by Crippen LogP contribution is 2.22. The zero-order valence-electron chi connectivity index (χ0n) is 7.95. The summed E-state index contributed by atoms with van der Waals surface area (Å²) < 4.78 is 49.2. The summed E-state index contributed by atoms with van der Waals surface area (Å²) >= 11 is 3.07. The number of nitrogen functional groups attached to an aromatic ring is 1. The Morgan fingerprint density at radius 3 is 2.62 bits per heavy atom. The van der Waals surface area contributed by atoms with Crippen molar-refractivity contribution >= 4 is 31.6 Å². The number of anilines is 1. The predicted octanol–water partition coefficient (Wildman–Crippen LogP) is 1.57. The van der Waals surface area contributed by atoms with E-state index < -0.39 is 23.0 Å². The molecule has 0 amide bonds. The molecular formula is C8H9BrF2N2O2S. The van der Waals surface area contributed by atoms with Gasteiger partial charge >= 0.3 is 0 Å². The molecule has 1 rings (SSSR count). The van der Waals surface area contributed by atoms with E-state index in [-0.39, 0.29) is 10.6 Å². The fraction of sp³-hybridized carbons (Fsp3) is 0.250. The van der Waals surface area contributed by atoms with E-state index in [1.54, 1.807) is 10.8 Å². The molecule has 0 radical (unpaired) electrons. The smallest absolute Gasteiger partial charge is 0.251 e. The molecule has 0 heterocycles. The van der Waals surface area contributed by atoms with Crippen LogP contribution in [0, 0.1) is 0 Å². The van der Waals surface area contributed by atoms with Gasteiger partial charge in [-0.05, 0) is 18.2 Å². The van der Waals surface area contributed by atoms with Gasteiger partial charge in [0.05, 0.1) is 12.2 Å². The standard InChI is InChI=1S/C8H9BrF2N2O2S/c9-5-1-2-6(12)7(3-5)16(14,15)13-4-8(10)11/h1-3,8,13H,4,12H2. The lowest BCUT2D eigenvalue weighted by atomic mass is 10.3. The minimum atomic E-state index is -3.99. The van der Waals surface area contributed by atoms with Crippen LogP contribution in [0.4, 0.5) is 14.5 Å². The summed E-state index contributed by atoms with van der Waals surface area (Å²) in [6.07, 6.45) is -2.75. The number of nitrogens with two attached hydrogens (primary N) is 1. The van der Waals surface area contributed by atoms with Crippen molar-refractivity contribution in [1.82, 2.24) is 4.72 Å². The normalized spacial score (nSPS) is 12.0. The molecule has 1 aromatic carbocycles. The first kappa shape index (κ1) is 13.3. The van der Waals surface area contributed by atoms with Crippen LogP contribution in [0.15, 0.2) is 27.6 Å². The van der Waals surface area contributed by atoms with Gasteiger partial charge in [-0.1, -0.05) is 15.9 Å². The average molecular weight is 315 g/mol. The summed E-state index contributed by atoms with van der Waals surface area (Å²) in [5.74, 6) is 0. The van der Waals surface area contributed by atoms with Gasteiger partial charge in [-0.2, -0.15) is 0 Å². The largest absolute Gasteiger partial charge is 0.398 e. The van der Waals surface area contributed by atoms with Gasteiger partial charge in [0, 0.05) is 4.47 Å². The Morgan fingerprint density at radius 2 is 2.06 bits per heavy atom. The van der Waals surface area contributed by atoms with Crippen molar-refractivity contribution in [3.05, 3.63) is 22.7 Å². The second kappa shape index (κ2) is 5.07. The minimum absolute atomic E-state index is 0.00460. The van der Waals surface area contributed by atoms with Crippen LogP contribution in [0.1, 0.15) is 0 Å². The van der Waals surface area contributed by atoms with Crippen LogP contribution >= 0.6 is 15.9 Å². The molecule has 0 aliphatic rings. The third-order valence-corrected chi connectivity index (χ3v) is 3.67. The molecule has 3 N–H and O–H groups in total. The van der Waals surface area contributed by atoms with E-state index in [4.69, 9.17) is 5.73 Å². The lowest BCUT2D eigenvalue weighted by Gasteiger charge is -2.08. The Balaban J connectivity index is 3.02. The molecule has 0 spiro atoms. The number of halogens is 3. The lowest BCUT2D eigenvalue weighted by molar-refractivity contribution is 0.153. The van der Waals surface area contributed by atoms with E-state index in [0.29, 0.717) is 4.47 Å². The number of sulfonamides is 1. The number of benzene rings is 1. The zero-order valence-corrected chi connectivity index (χ0v) is 10.4.